The van der Waals surface area contributed by atoms with Crippen LogP contribution in [-0.4, -0.2) is 29.4 Å². The molecule has 0 saturated heterocycles. The van der Waals surface area contributed by atoms with Crippen LogP contribution in [0.1, 0.15) is 10.4 Å². The zero-order valence-corrected chi connectivity index (χ0v) is 11.8. The summed E-state index contributed by atoms with van der Waals surface area (Å²) in [6.07, 6.45) is 1.43. The predicted octanol–water partition coefficient (Wildman–Crippen LogP) is 2.97. The van der Waals surface area contributed by atoms with E-state index < -0.39 is 5.97 Å². The Morgan fingerprint density at radius 1 is 1.56 bits per heavy atom. The summed E-state index contributed by atoms with van der Waals surface area (Å²) in [5.41, 5.74) is 0.525. The lowest BCUT2D eigenvalue weighted by atomic mass is 10.1. The maximum absolute atomic E-state index is 12.8. The lowest BCUT2D eigenvalue weighted by Gasteiger charge is -2.08. The Balaban J connectivity index is 2.85. The zero-order valence-electron chi connectivity index (χ0n) is 9.44. The fraction of sp³-hybridized carbons (Fsp3) is 0.200. The second-order valence-electron chi connectivity index (χ2n) is 3.28. The molecule has 96 valence electrons. The van der Waals surface area contributed by atoms with Crippen LogP contribution in [0.25, 0.3) is 10.9 Å². The molecule has 2 aromatic rings. The number of carbonyl (C=O) groups is 1. The minimum absolute atomic E-state index is 0.101. The molecule has 0 aliphatic carbocycles. The molecule has 1 aromatic heterocycles. The molecule has 0 bridgehead atoms. The van der Waals surface area contributed by atoms with Gasteiger partial charge in [-0.15, -0.1) is 3.89 Å². The van der Waals surface area contributed by atoms with Crippen molar-refractivity contribution in [3.05, 3.63) is 22.3 Å². The minimum atomic E-state index is -0.570. The third-order valence-corrected chi connectivity index (χ3v) is 3.40. The lowest BCUT2D eigenvalue weighted by Crippen LogP contribution is -2.04. The van der Waals surface area contributed by atoms with Crippen molar-refractivity contribution in [1.82, 2.24) is 9.19 Å². The number of rotatable bonds is 3. The molecule has 5 nitrogen and oxygen atoms in total. The Kier molecular flexibility index (Phi) is 3.76. The van der Waals surface area contributed by atoms with Crippen molar-refractivity contribution in [3.8, 4) is 5.75 Å². The van der Waals surface area contributed by atoms with E-state index in [9.17, 15) is 8.68 Å². The molecule has 1 aromatic carbocycles. The van der Waals surface area contributed by atoms with Crippen molar-refractivity contribution < 1.29 is 18.2 Å². The maximum Gasteiger partial charge on any atom is 0.340 e. The van der Waals surface area contributed by atoms with E-state index in [4.69, 9.17) is 4.74 Å². The predicted molar refractivity (Wildman–Crippen MR) is 69.4 cm³/mol. The van der Waals surface area contributed by atoms with E-state index in [1.54, 1.807) is 0 Å². The first-order chi connectivity index (χ1) is 8.63. The van der Waals surface area contributed by atoms with Crippen LogP contribution < -0.4 is 4.74 Å². The number of methoxy groups -OCH3 is 2. The first-order valence-corrected chi connectivity index (χ1v) is 6.22. The lowest BCUT2D eigenvalue weighted by molar-refractivity contribution is 0.0602. The van der Waals surface area contributed by atoms with Crippen molar-refractivity contribution in [1.29, 1.82) is 0 Å². The molecule has 0 radical (unpaired) electrons. The molecule has 1 heterocycles. The van der Waals surface area contributed by atoms with Gasteiger partial charge in [-0.1, -0.05) is 0 Å². The fourth-order valence-electron chi connectivity index (χ4n) is 1.66. The normalized spacial score (nSPS) is 10.7. The van der Waals surface area contributed by atoms with Crippen LogP contribution in [0.4, 0.5) is 3.89 Å². The van der Waals surface area contributed by atoms with Crippen molar-refractivity contribution >= 4 is 45.1 Å². The van der Waals surface area contributed by atoms with E-state index in [0.717, 1.165) is 4.09 Å². The van der Waals surface area contributed by atoms with Gasteiger partial charge in [-0.05, 0) is 22.0 Å². The van der Waals surface area contributed by atoms with Gasteiger partial charge in [-0.3, -0.25) is 0 Å². The summed E-state index contributed by atoms with van der Waals surface area (Å²) < 4.78 is 24.2. The van der Waals surface area contributed by atoms with Crippen molar-refractivity contribution in [2.45, 2.75) is 0 Å². The summed E-state index contributed by atoms with van der Waals surface area (Å²) in [7, 11) is 2.74. The molecule has 8 heteroatoms. The maximum atomic E-state index is 12.8. The summed E-state index contributed by atoms with van der Waals surface area (Å²) in [4.78, 5) is 11.7. The van der Waals surface area contributed by atoms with Crippen molar-refractivity contribution in [2.24, 2.45) is 0 Å². The summed E-state index contributed by atoms with van der Waals surface area (Å²) in [5, 5.41) is 4.36. The average Bonchev–Trinajstić information content (AvgIpc) is 2.80. The highest BCUT2D eigenvalue weighted by Gasteiger charge is 2.21. The zero-order chi connectivity index (χ0) is 13.3. The number of fused-ring (bicyclic) bond motifs is 1. The highest BCUT2D eigenvalue weighted by atomic mass is 79.9. The molecule has 0 N–H and O–H groups in total. The number of hydrogen-bond donors (Lipinski definition) is 0. The van der Waals surface area contributed by atoms with E-state index in [2.05, 4.69) is 25.8 Å². The standard InChI is InChI=1S/C10H8BrFN2O3S/c1-16-9-6-4-13-14(18-12)8(6)5(3-7(9)11)10(15)17-2/h3-4H,1-2H3. The second kappa shape index (κ2) is 5.15. The Morgan fingerprint density at radius 3 is 2.83 bits per heavy atom. The number of esters is 1. The summed E-state index contributed by atoms with van der Waals surface area (Å²) >= 11 is 3.19. The summed E-state index contributed by atoms with van der Waals surface area (Å²) in [6.45, 7) is 0. The first kappa shape index (κ1) is 13.2. The first-order valence-electron chi connectivity index (χ1n) is 4.75. The molecule has 0 aliphatic heterocycles. The van der Waals surface area contributed by atoms with Crippen LogP contribution in [0.15, 0.2) is 16.7 Å². The number of carbonyl (C=O) groups excluding carboxylic acids is 1. The van der Waals surface area contributed by atoms with Gasteiger partial charge < -0.3 is 9.47 Å². The number of nitrogens with zero attached hydrogens (tertiary/aromatic N) is 2. The smallest absolute Gasteiger partial charge is 0.340 e. The topological polar surface area (TPSA) is 53.4 Å². The summed E-state index contributed by atoms with van der Waals surface area (Å²) in [5.74, 6) is -0.0860. The van der Waals surface area contributed by atoms with Crippen LogP contribution >= 0.6 is 28.3 Å². The van der Waals surface area contributed by atoms with Gasteiger partial charge in [0.2, 0.25) is 0 Å². The van der Waals surface area contributed by atoms with Gasteiger partial charge in [-0.2, -0.15) is 9.19 Å². The van der Waals surface area contributed by atoms with Gasteiger partial charge in [-0.25, -0.2) is 4.79 Å². The van der Waals surface area contributed by atoms with E-state index in [0.29, 0.717) is 21.1 Å². The number of aromatic nitrogens is 2. The molecule has 0 atom stereocenters. The summed E-state index contributed by atoms with van der Waals surface area (Å²) in [6, 6.07) is 1.52. The average molecular weight is 335 g/mol. The van der Waals surface area contributed by atoms with E-state index in [-0.39, 0.29) is 17.9 Å². The SMILES string of the molecule is COC(=O)c1cc(Br)c(OC)c2cnn(SF)c12. The Morgan fingerprint density at radius 2 is 2.28 bits per heavy atom. The van der Waals surface area contributed by atoms with Crippen LogP contribution in [0.5, 0.6) is 5.75 Å². The number of hydrogen-bond acceptors (Lipinski definition) is 5. The van der Waals surface area contributed by atoms with Gasteiger partial charge in [0.25, 0.3) is 0 Å². The Labute approximate surface area is 115 Å². The van der Waals surface area contributed by atoms with E-state index in [1.165, 1.54) is 26.5 Å². The van der Waals surface area contributed by atoms with Crippen LogP contribution in [-0.2, 0) is 4.74 Å². The largest absolute Gasteiger partial charge is 0.495 e. The number of benzene rings is 1. The number of halogens is 2. The quantitative estimate of drug-likeness (QED) is 0.807. The van der Waals surface area contributed by atoms with Crippen LogP contribution in [0, 0.1) is 0 Å². The fourth-order valence-corrected chi connectivity index (χ4v) is 2.61. The molecular formula is C10H8BrFN2O3S. The molecular weight excluding hydrogens is 327 g/mol. The third-order valence-electron chi connectivity index (χ3n) is 2.40. The highest BCUT2D eigenvalue weighted by Crippen LogP contribution is 2.37. The monoisotopic (exact) mass is 334 g/mol. The molecule has 18 heavy (non-hydrogen) atoms. The minimum Gasteiger partial charge on any atom is -0.495 e. The molecule has 0 unspecified atom stereocenters. The van der Waals surface area contributed by atoms with E-state index in [1.807, 2.05) is 0 Å². The molecule has 0 spiro atoms. The van der Waals surface area contributed by atoms with Gasteiger partial charge in [0.15, 0.2) is 12.3 Å². The van der Waals surface area contributed by atoms with Gasteiger partial charge >= 0.3 is 5.97 Å². The molecule has 0 aliphatic rings. The Hall–Kier alpha value is -1.28. The Bertz CT molecular complexity index is 617. The van der Waals surface area contributed by atoms with Gasteiger partial charge in [0.1, 0.15) is 11.3 Å². The molecule has 0 saturated carbocycles. The van der Waals surface area contributed by atoms with Crippen LogP contribution in [0.2, 0.25) is 0 Å². The molecule has 2 rings (SSSR count). The van der Waals surface area contributed by atoms with Crippen LogP contribution in [0.3, 0.4) is 0 Å². The number of ether oxygens (including phenoxy) is 2. The van der Waals surface area contributed by atoms with Crippen molar-refractivity contribution in [3.63, 3.8) is 0 Å². The van der Waals surface area contributed by atoms with Crippen molar-refractivity contribution in [2.75, 3.05) is 14.2 Å². The third kappa shape index (κ3) is 1.95. The molecule has 0 amide bonds. The molecule has 0 fully saturated rings. The highest BCUT2D eigenvalue weighted by molar-refractivity contribution is 9.10. The van der Waals surface area contributed by atoms with E-state index >= 15 is 0 Å². The van der Waals surface area contributed by atoms with Gasteiger partial charge in [0.05, 0.1) is 35.8 Å². The second-order valence-corrected chi connectivity index (χ2v) is 4.62. The van der Waals surface area contributed by atoms with Gasteiger partial charge in [0, 0.05) is 0 Å².